The minimum absolute atomic E-state index is 0. The van der Waals surface area contributed by atoms with Crippen molar-refractivity contribution in [1.82, 2.24) is 24.2 Å². The molecule has 4 atom stereocenters. The fraction of sp³-hybridized carbons (Fsp3) is 0.571. The van der Waals surface area contributed by atoms with Crippen molar-refractivity contribution in [1.29, 1.82) is 0 Å². The van der Waals surface area contributed by atoms with E-state index in [0.717, 1.165) is 0 Å². The molecule has 1 radical (unpaired) electrons. The summed E-state index contributed by atoms with van der Waals surface area (Å²) in [4.78, 5) is 12.3. The molecule has 2 aliphatic heterocycles. The summed E-state index contributed by atoms with van der Waals surface area (Å²) in [6.07, 6.45) is 1.89. The molecule has 2 aromatic rings. The zero-order valence-corrected chi connectivity index (χ0v) is 18.6. The fourth-order valence-electron chi connectivity index (χ4n) is 3.17. The van der Waals surface area contributed by atoms with Gasteiger partial charge in [-0.25, -0.2) is 23.4 Å². The van der Waals surface area contributed by atoms with E-state index in [0.29, 0.717) is 30.4 Å². The van der Waals surface area contributed by atoms with Crippen molar-refractivity contribution in [3.63, 3.8) is 0 Å². The molecule has 0 unspecified atom stereocenters. The molecule has 2 aliphatic rings. The van der Waals surface area contributed by atoms with Crippen LogP contribution in [0.5, 0.6) is 0 Å². The van der Waals surface area contributed by atoms with Crippen molar-refractivity contribution in [3.8, 4) is 0 Å². The number of sulfonamides is 1. The normalized spacial score (nSPS) is 28.2. The van der Waals surface area contributed by atoms with Crippen LogP contribution in [0.1, 0.15) is 12.6 Å². The monoisotopic (exact) mass is 486 g/mol. The van der Waals surface area contributed by atoms with Crippen LogP contribution in [0, 0.1) is 6.04 Å². The van der Waals surface area contributed by atoms with E-state index in [4.69, 9.17) is 26.7 Å². The zero-order valence-electron chi connectivity index (χ0n) is 14.9. The quantitative estimate of drug-likeness (QED) is 0.327. The van der Waals surface area contributed by atoms with Crippen LogP contribution in [0.25, 0.3) is 11.2 Å². The largest absolute Gasteiger partial charge is 0.442 e. The molecule has 2 fully saturated rings. The van der Waals surface area contributed by atoms with Crippen molar-refractivity contribution >= 4 is 27.0 Å². The topological polar surface area (TPSA) is 186 Å². The van der Waals surface area contributed by atoms with Gasteiger partial charge in [0.25, 0.3) is 0 Å². The number of hydrogen-bond donors (Lipinski definition) is 4. The Labute approximate surface area is 186 Å². The van der Waals surface area contributed by atoms with Gasteiger partial charge in [0.15, 0.2) is 27.7 Å². The summed E-state index contributed by atoms with van der Waals surface area (Å²) in [5.41, 5.74) is 19.1. The minimum atomic E-state index is -3.48. The number of hydrogen-bond acceptors (Lipinski definition) is 10. The van der Waals surface area contributed by atoms with Gasteiger partial charge in [0.05, 0.1) is 30.3 Å². The molecule has 2 saturated heterocycles. The Bertz CT molecular complexity index is 937. The third-order valence-corrected chi connectivity index (χ3v) is 6.07. The number of anilines is 1. The maximum Gasteiger partial charge on any atom is 0.184 e. The Morgan fingerprint density at radius 1 is 1.25 bits per heavy atom. The molecule has 12 nitrogen and oxygen atoms in total. The van der Waals surface area contributed by atoms with Crippen molar-refractivity contribution in [2.45, 2.75) is 30.8 Å². The molecule has 0 saturated carbocycles. The van der Waals surface area contributed by atoms with Gasteiger partial charge in [0, 0.05) is 32.7 Å². The average Bonchev–Trinajstić information content (AvgIpc) is 3.13. The van der Waals surface area contributed by atoms with Crippen LogP contribution in [-0.2, 0) is 52.2 Å². The number of fused-ring (bicyclic) bond motifs is 1. The first-order chi connectivity index (χ1) is 12.9. The molecule has 28 heavy (non-hydrogen) atoms. The molecule has 0 spiro atoms. The van der Waals surface area contributed by atoms with Crippen LogP contribution < -0.4 is 21.9 Å². The summed E-state index contributed by atoms with van der Waals surface area (Å²) >= 11 is 0. The van der Waals surface area contributed by atoms with E-state index in [1.165, 1.54) is 12.7 Å². The molecule has 0 aliphatic carbocycles. The fourth-order valence-corrected chi connectivity index (χ4v) is 4.37. The first-order valence-electron chi connectivity index (χ1n) is 8.38. The first kappa shape index (κ1) is 21.9. The number of nitrogens with zero attached hydrogens (tertiary/aromatic N) is 4. The molecule has 2 aromatic heterocycles. The Morgan fingerprint density at radius 3 is 2.68 bits per heavy atom. The predicted molar refractivity (Wildman–Crippen MR) is 95.2 cm³/mol. The van der Waals surface area contributed by atoms with Crippen molar-refractivity contribution < 1.29 is 50.6 Å². The standard InChI is InChI=1S/C14H21N8O4S.Y/c15-9-8(1-2-27(23,24)21-7-3-25-4-7)26-14(10(9)16)22-6-20-11-12(17)18-5-19-13(11)22;/h5-6,8-10,14,21H,1-4,15-16H2,(H2,17,18,19);/q-1;/t8-,9-,10-,14-;/m1./s1. The molecule has 151 valence electrons. The van der Waals surface area contributed by atoms with Crippen LogP contribution in [0.4, 0.5) is 5.82 Å². The second-order valence-corrected chi connectivity index (χ2v) is 8.45. The number of rotatable bonds is 6. The van der Waals surface area contributed by atoms with Gasteiger partial charge >= 0.3 is 0 Å². The molecule has 4 heterocycles. The van der Waals surface area contributed by atoms with Crippen LogP contribution in [0.15, 0.2) is 12.7 Å². The van der Waals surface area contributed by atoms with E-state index >= 15 is 0 Å². The summed E-state index contributed by atoms with van der Waals surface area (Å²) in [7, 11) is -3.48. The van der Waals surface area contributed by atoms with E-state index in [1.807, 2.05) is 0 Å². The van der Waals surface area contributed by atoms with E-state index in [-0.39, 0.29) is 50.7 Å². The van der Waals surface area contributed by atoms with Gasteiger partial charge in [-0.3, -0.25) is 4.57 Å². The Balaban J connectivity index is 0.00000225. The summed E-state index contributed by atoms with van der Waals surface area (Å²) in [5.74, 6) is 0.120. The maximum absolute atomic E-state index is 12.1. The van der Waals surface area contributed by atoms with E-state index in [9.17, 15) is 8.42 Å². The smallest absolute Gasteiger partial charge is 0.184 e. The SMILES string of the molecule is Nc1ncnc2c1ncn2[C@@H]1O[C@H](CCS(=O)(=O)N[C-]2COC2)[C@@H](N)[C@H]1N.[Y]. The number of nitrogen functional groups attached to an aromatic ring is 1. The average molecular weight is 486 g/mol. The van der Waals surface area contributed by atoms with Crippen molar-refractivity contribution in [2.24, 2.45) is 11.5 Å². The summed E-state index contributed by atoms with van der Waals surface area (Å²) in [6, 6.07) is -0.460. The van der Waals surface area contributed by atoms with Gasteiger partial charge in [-0.15, -0.1) is 0 Å². The number of nitrogens with one attached hydrogen (secondary N) is 1. The second kappa shape index (κ2) is 8.52. The molecule has 7 N–H and O–H groups in total. The third kappa shape index (κ3) is 4.21. The molecular formula is C14H21N8O4SY-. The van der Waals surface area contributed by atoms with Crippen LogP contribution in [-0.4, -0.2) is 65.1 Å². The van der Waals surface area contributed by atoms with Gasteiger partial charge < -0.3 is 31.4 Å². The third-order valence-electron chi connectivity index (χ3n) is 4.70. The Kier molecular flexibility index (Phi) is 6.66. The summed E-state index contributed by atoms with van der Waals surface area (Å²) in [6.45, 7) is 0.620. The molecular weight excluding hydrogens is 465 g/mol. The number of ether oxygens (including phenoxy) is 2. The molecule has 0 amide bonds. The van der Waals surface area contributed by atoms with E-state index in [1.54, 1.807) is 4.57 Å². The van der Waals surface area contributed by atoms with Crippen LogP contribution >= 0.6 is 0 Å². The molecule has 14 heteroatoms. The molecule has 0 aromatic carbocycles. The van der Waals surface area contributed by atoms with Crippen molar-refractivity contribution in [3.05, 3.63) is 18.7 Å². The number of nitrogens with two attached hydrogens (primary N) is 3. The van der Waals surface area contributed by atoms with Crippen LogP contribution in [0.2, 0.25) is 0 Å². The molecule has 4 rings (SSSR count). The first-order valence-corrected chi connectivity index (χ1v) is 10.0. The maximum atomic E-state index is 12.1. The summed E-state index contributed by atoms with van der Waals surface area (Å²) in [5, 5.41) is 0. The number of aromatic nitrogens is 4. The van der Waals surface area contributed by atoms with E-state index in [2.05, 4.69) is 19.7 Å². The predicted octanol–water partition coefficient (Wildman–Crippen LogP) is -2.17. The van der Waals surface area contributed by atoms with Gasteiger partial charge in [-0.2, -0.15) is 6.04 Å². The van der Waals surface area contributed by atoms with Gasteiger partial charge in [-0.05, 0) is 6.42 Å². The summed E-state index contributed by atoms with van der Waals surface area (Å²) < 4.78 is 39.3. The van der Waals surface area contributed by atoms with Gasteiger partial charge in [0.1, 0.15) is 11.8 Å². The van der Waals surface area contributed by atoms with Gasteiger partial charge in [-0.1, -0.05) is 13.2 Å². The second-order valence-electron chi connectivity index (χ2n) is 6.61. The Morgan fingerprint density at radius 2 is 2.00 bits per heavy atom. The van der Waals surface area contributed by atoms with Gasteiger partial charge in [0.2, 0.25) is 0 Å². The van der Waals surface area contributed by atoms with E-state index < -0.39 is 34.4 Å². The molecule has 0 bridgehead atoms. The zero-order chi connectivity index (χ0) is 19.2. The van der Waals surface area contributed by atoms with Crippen LogP contribution in [0.3, 0.4) is 0 Å². The number of imidazole rings is 1. The minimum Gasteiger partial charge on any atom is -0.442 e. The van der Waals surface area contributed by atoms with Crippen molar-refractivity contribution in [2.75, 3.05) is 24.7 Å². The Hall–Kier alpha value is -0.796.